The van der Waals surface area contributed by atoms with Crippen molar-refractivity contribution in [1.82, 2.24) is 16.2 Å². The Bertz CT molecular complexity index is 440. The maximum atomic E-state index is 11.0. The van der Waals surface area contributed by atoms with Gasteiger partial charge in [-0.2, -0.15) is 0 Å². The Labute approximate surface area is 119 Å². The van der Waals surface area contributed by atoms with Crippen LogP contribution in [0.5, 0.6) is 0 Å². The van der Waals surface area contributed by atoms with Crippen LogP contribution in [0.15, 0.2) is 36.1 Å². The van der Waals surface area contributed by atoms with Crippen LogP contribution in [-0.4, -0.2) is 23.3 Å². The van der Waals surface area contributed by atoms with Crippen molar-refractivity contribution in [2.24, 2.45) is 11.8 Å². The van der Waals surface area contributed by atoms with Crippen molar-refractivity contribution in [1.29, 1.82) is 0 Å². The number of hydrazine groups is 1. The molecule has 0 saturated heterocycles. The Morgan fingerprint density at radius 2 is 2.20 bits per heavy atom. The van der Waals surface area contributed by atoms with Crippen LogP contribution in [0.3, 0.4) is 0 Å². The first-order valence-electron chi connectivity index (χ1n) is 7.11. The lowest BCUT2D eigenvalue weighted by Crippen LogP contribution is -2.49. The lowest BCUT2D eigenvalue weighted by atomic mass is 9.91. The zero-order valence-corrected chi connectivity index (χ0v) is 12.0. The number of allylic oxidation sites excluding steroid dienone is 2. The topological polar surface area (TPSA) is 73.4 Å². The number of hydrogen-bond acceptors (Lipinski definition) is 4. The molecule has 0 aromatic carbocycles. The second kappa shape index (κ2) is 6.72. The van der Waals surface area contributed by atoms with Crippen molar-refractivity contribution in [3.8, 4) is 0 Å². The van der Waals surface area contributed by atoms with Crippen LogP contribution in [0, 0.1) is 11.8 Å². The number of aliphatic hydroxyl groups is 1. The Morgan fingerprint density at radius 3 is 2.75 bits per heavy atom. The van der Waals surface area contributed by atoms with Gasteiger partial charge in [-0.3, -0.25) is 10.2 Å². The fourth-order valence-corrected chi connectivity index (χ4v) is 2.39. The lowest BCUT2D eigenvalue weighted by Gasteiger charge is -2.27. The number of nitrogens with one attached hydrogen (secondary N) is 3. The van der Waals surface area contributed by atoms with Gasteiger partial charge in [0.05, 0.1) is 6.04 Å². The molecule has 20 heavy (non-hydrogen) atoms. The van der Waals surface area contributed by atoms with E-state index in [9.17, 15) is 9.90 Å². The van der Waals surface area contributed by atoms with Crippen LogP contribution >= 0.6 is 0 Å². The molecule has 2 rings (SSSR count). The Kier molecular flexibility index (Phi) is 4.98. The number of carbonyl (C=O) groups excluding carboxylic acids is 1. The molecule has 0 bridgehead atoms. The van der Waals surface area contributed by atoms with Crippen LogP contribution in [0.4, 0.5) is 0 Å². The van der Waals surface area contributed by atoms with Crippen molar-refractivity contribution in [2.45, 2.75) is 39.0 Å². The van der Waals surface area contributed by atoms with Gasteiger partial charge >= 0.3 is 0 Å². The predicted octanol–water partition coefficient (Wildman–Crippen LogP) is 0.960. The van der Waals surface area contributed by atoms with Gasteiger partial charge in [0, 0.05) is 17.7 Å². The molecular weight excluding hydrogens is 254 g/mol. The molecule has 3 atom stereocenters. The van der Waals surface area contributed by atoms with Gasteiger partial charge in [-0.05, 0) is 24.8 Å². The number of amides is 1. The summed E-state index contributed by atoms with van der Waals surface area (Å²) in [5, 5.41) is 13.0. The van der Waals surface area contributed by atoms with E-state index in [2.05, 4.69) is 42.2 Å². The van der Waals surface area contributed by atoms with Crippen LogP contribution in [0.25, 0.3) is 0 Å². The van der Waals surface area contributed by atoms with E-state index < -0.39 is 6.23 Å². The van der Waals surface area contributed by atoms with Crippen LogP contribution in [-0.2, 0) is 4.79 Å². The summed E-state index contributed by atoms with van der Waals surface area (Å²) < 4.78 is 0. The first-order chi connectivity index (χ1) is 9.54. The highest BCUT2D eigenvalue weighted by atomic mass is 16.3. The van der Waals surface area contributed by atoms with E-state index in [1.165, 1.54) is 0 Å². The maximum absolute atomic E-state index is 11.0. The molecule has 4 N–H and O–H groups in total. The number of aliphatic hydroxyl groups excluding tert-OH is 1. The summed E-state index contributed by atoms with van der Waals surface area (Å²) in [6.45, 7) is 4.17. The van der Waals surface area contributed by atoms with Crippen molar-refractivity contribution in [3.05, 3.63) is 36.1 Å². The molecule has 0 saturated carbocycles. The number of rotatable bonds is 5. The van der Waals surface area contributed by atoms with Crippen LogP contribution in [0.2, 0.25) is 0 Å². The summed E-state index contributed by atoms with van der Waals surface area (Å²) in [5.74, 6) is 0.647. The smallest absolute Gasteiger partial charge is 0.257 e. The number of carbonyl (C=O) groups is 1. The summed E-state index contributed by atoms with van der Waals surface area (Å²) >= 11 is 0. The van der Waals surface area contributed by atoms with Crippen LogP contribution < -0.4 is 16.2 Å². The van der Waals surface area contributed by atoms with Crippen molar-refractivity contribution < 1.29 is 9.90 Å². The van der Waals surface area contributed by atoms with Gasteiger partial charge in [0.2, 0.25) is 0 Å². The van der Waals surface area contributed by atoms with E-state index in [1.807, 2.05) is 12.2 Å². The standard InChI is InChI=1S/C15H23N3O2/c1-10(2)9-15(20)16-12-5-3-11(4-6-12)13-7-8-14(19)18-17-13/h3,5-8,10-11,13,15-17,20H,4,9H2,1-2H3,(H,18,19). The fraction of sp³-hybridized carbons (Fsp3) is 0.533. The third kappa shape index (κ3) is 4.21. The normalized spacial score (nSPS) is 27.2. The molecule has 0 spiro atoms. The summed E-state index contributed by atoms with van der Waals surface area (Å²) in [6, 6.07) is 0.113. The molecule has 1 aliphatic heterocycles. The highest BCUT2D eigenvalue weighted by Crippen LogP contribution is 2.20. The average Bonchev–Trinajstić information content (AvgIpc) is 2.39. The highest BCUT2D eigenvalue weighted by Gasteiger charge is 2.21. The van der Waals surface area contributed by atoms with Gasteiger partial charge in [0.25, 0.3) is 5.91 Å². The van der Waals surface area contributed by atoms with E-state index in [4.69, 9.17) is 0 Å². The highest BCUT2D eigenvalue weighted by molar-refractivity contribution is 5.87. The second-order valence-electron chi connectivity index (χ2n) is 5.73. The van der Waals surface area contributed by atoms with Gasteiger partial charge in [-0.25, -0.2) is 5.43 Å². The molecule has 5 nitrogen and oxygen atoms in total. The first-order valence-corrected chi connectivity index (χ1v) is 7.11. The van der Waals surface area contributed by atoms with E-state index in [0.717, 1.165) is 18.5 Å². The van der Waals surface area contributed by atoms with Gasteiger partial charge in [0.1, 0.15) is 6.23 Å². The lowest BCUT2D eigenvalue weighted by molar-refractivity contribution is -0.118. The molecule has 5 heteroatoms. The third-order valence-electron chi connectivity index (χ3n) is 3.44. The molecule has 1 heterocycles. The monoisotopic (exact) mass is 277 g/mol. The molecule has 0 fully saturated rings. The predicted molar refractivity (Wildman–Crippen MR) is 78.1 cm³/mol. The van der Waals surface area contributed by atoms with E-state index in [-0.39, 0.29) is 11.9 Å². The quantitative estimate of drug-likeness (QED) is 0.565. The minimum Gasteiger partial charge on any atom is -0.374 e. The molecule has 110 valence electrons. The van der Waals surface area contributed by atoms with Gasteiger partial charge in [-0.1, -0.05) is 32.1 Å². The minimum atomic E-state index is -0.505. The van der Waals surface area contributed by atoms with Crippen molar-refractivity contribution >= 4 is 5.91 Å². The number of hydrogen-bond donors (Lipinski definition) is 4. The largest absolute Gasteiger partial charge is 0.374 e. The van der Waals surface area contributed by atoms with E-state index in [0.29, 0.717) is 11.8 Å². The summed E-state index contributed by atoms with van der Waals surface area (Å²) in [5.41, 5.74) is 6.55. The molecular formula is C15H23N3O2. The fourth-order valence-electron chi connectivity index (χ4n) is 2.39. The zero-order chi connectivity index (χ0) is 14.5. The molecule has 0 aromatic heterocycles. The van der Waals surface area contributed by atoms with E-state index >= 15 is 0 Å². The summed E-state index contributed by atoms with van der Waals surface area (Å²) in [4.78, 5) is 11.0. The van der Waals surface area contributed by atoms with Crippen molar-refractivity contribution in [2.75, 3.05) is 0 Å². The maximum Gasteiger partial charge on any atom is 0.257 e. The Morgan fingerprint density at radius 1 is 1.40 bits per heavy atom. The molecule has 0 aromatic rings. The zero-order valence-electron chi connectivity index (χ0n) is 12.0. The van der Waals surface area contributed by atoms with Crippen LogP contribution in [0.1, 0.15) is 26.7 Å². The van der Waals surface area contributed by atoms with Gasteiger partial charge < -0.3 is 10.4 Å². The molecule has 3 unspecified atom stereocenters. The average molecular weight is 277 g/mol. The Balaban J connectivity index is 1.83. The molecule has 0 radical (unpaired) electrons. The SMILES string of the molecule is CC(C)CC(O)NC1=CCC(C2C=CC(=O)NN2)C=C1. The van der Waals surface area contributed by atoms with E-state index in [1.54, 1.807) is 6.08 Å². The summed E-state index contributed by atoms with van der Waals surface area (Å²) in [7, 11) is 0. The minimum absolute atomic E-state index is 0.113. The summed E-state index contributed by atoms with van der Waals surface area (Å²) in [6.07, 6.45) is 10.7. The molecule has 1 aliphatic carbocycles. The molecule has 1 amide bonds. The Hall–Kier alpha value is -1.59. The second-order valence-corrected chi connectivity index (χ2v) is 5.73. The van der Waals surface area contributed by atoms with Gasteiger partial charge in [0.15, 0.2) is 0 Å². The van der Waals surface area contributed by atoms with Gasteiger partial charge in [-0.15, -0.1) is 0 Å². The third-order valence-corrected chi connectivity index (χ3v) is 3.44. The molecule has 2 aliphatic rings. The van der Waals surface area contributed by atoms with Crippen molar-refractivity contribution in [3.63, 3.8) is 0 Å². The first kappa shape index (κ1) is 14.8.